The average Bonchev–Trinajstić information content (AvgIpc) is 2.08. The van der Waals surface area contributed by atoms with E-state index in [4.69, 9.17) is 11.6 Å². The third kappa shape index (κ3) is 1.73. The monoisotopic (exact) mass is 251 g/mol. The fraction of sp³-hybridized carbons (Fsp3) is 0.167. The summed E-state index contributed by atoms with van der Waals surface area (Å²) in [5.74, 6) is 0. The van der Waals surface area contributed by atoms with Crippen molar-refractivity contribution >= 4 is 33.2 Å². The SMILES string of the molecule is CO[N+](=O)c1cncc(Br)c1Cl. The normalized spacial score (nSPS) is 9.58. The molecule has 4 nitrogen and oxygen atoms in total. The lowest BCUT2D eigenvalue weighted by Gasteiger charge is -1.93. The molecule has 1 aromatic heterocycles. The lowest BCUT2D eigenvalue weighted by atomic mass is 10.4. The maximum absolute atomic E-state index is 10.9. The lowest BCUT2D eigenvalue weighted by molar-refractivity contribution is -0.736. The summed E-state index contributed by atoms with van der Waals surface area (Å²) in [6.07, 6.45) is 2.82. The largest absolute Gasteiger partial charge is 0.354 e. The molecule has 0 atom stereocenters. The molecule has 0 N–H and O–H groups in total. The van der Waals surface area contributed by atoms with Crippen LogP contribution < -0.4 is 0 Å². The Balaban J connectivity index is 3.16. The Morgan fingerprint density at radius 2 is 2.33 bits per heavy atom. The molecule has 6 heteroatoms. The van der Waals surface area contributed by atoms with E-state index in [-0.39, 0.29) is 10.7 Å². The van der Waals surface area contributed by atoms with Crippen molar-refractivity contribution in [3.8, 4) is 0 Å². The van der Waals surface area contributed by atoms with Crippen molar-refractivity contribution in [2.45, 2.75) is 0 Å². The van der Waals surface area contributed by atoms with E-state index in [1.807, 2.05) is 0 Å². The quantitative estimate of drug-likeness (QED) is 0.759. The van der Waals surface area contributed by atoms with Crippen LogP contribution in [0.15, 0.2) is 16.9 Å². The molecule has 0 fully saturated rings. The topological polar surface area (TPSA) is 42.2 Å². The number of aromatic nitrogens is 1. The molecule has 0 spiro atoms. The van der Waals surface area contributed by atoms with Gasteiger partial charge < -0.3 is 0 Å². The summed E-state index contributed by atoms with van der Waals surface area (Å²) >= 11 is 8.89. The molecule has 64 valence electrons. The maximum Gasteiger partial charge on any atom is 0.354 e. The highest BCUT2D eigenvalue weighted by Crippen LogP contribution is 2.30. The van der Waals surface area contributed by atoms with Crippen LogP contribution in [0.5, 0.6) is 0 Å². The average molecular weight is 252 g/mol. The summed E-state index contributed by atoms with van der Waals surface area (Å²) in [7, 11) is 1.25. The molecule has 0 aliphatic carbocycles. The highest BCUT2D eigenvalue weighted by molar-refractivity contribution is 9.10. The van der Waals surface area contributed by atoms with E-state index in [9.17, 15) is 4.91 Å². The molecule has 0 unspecified atom stereocenters. The Morgan fingerprint density at radius 1 is 1.67 bits per heavy atom. The van der Waals surface area contributed by atoms with Gasteiger partial charge in [0.15, 0.2) is 7.11 Å². The van der Waals surface area contributed by atoms with Gasteiger partial charge in [-0.15, -0.1) is 0 Å². The minimum atomic E-state index is 0.175. The van der Waals surface area contributed by atoms with Crippen LogP contribution in [0.2, 0.25) is 5.02 Å². The summed E-state index contributed by atoms with van der Waals surface area (Å²) in [4.78, 5) is 19.4. The van der Waals surface area contributed by atoms with Crippen LogP contribution >= 0.6 is 27.5 Å². The third-order valence-electron chi connectivity index (χ3n) is 1.18. The number of pyridine rings is 1. The standard InChI is InChI=1S/C6H5BrClN2O2/c1-12-10(11)5-3-9-2-4(7)6(5)8/h2-3H,1H3/q+1. The predicted molar refractivity (Wildman–Crippen MR) is 47.2 cm³/mol. The molecule has 0 aliphatic heterocycles. The van der Waals surface area contributed by atoms with Crippen LogP contribution in [-0.4, -0.2) is 17.0 Å². The van der Waals surface area contributed by atoms with Gasteiger partial charge in [0.05, 0.1) is 9.38 Å². The van der Waals surface area contributed by atoms with Gasteiger partial charge in [-0.1, -0.05) is 11.6 Å². The van der Waals surface area contributed by atoms with E-state index in [1.54, 1.807) is 0 Å². The first kappa shape index (κ1) is 9.41. The van der Waals surface area contributed by atoms with E-state index in [0.717, 1.165) is 0 Å². The summed E-state index contributed by atoms with van der Waals surface area (Å²) < 4.78 is 0.555. The molecular formula is C6H5BrClN2O2+. The molecule has 1 heterocycles. The Hall–Kier alpha value is -0.680. The molecule has 0 bridgehead atoms. The van der Waals surface area contributed by atoms with Crippen molar-refractivity contribution in [3.05, 3.63) is 26.8 Å². The molecule has 0 saturated heterocycles. The zero-order valence-corrected chi connectivity index (χ0v) is 8.46. The van der Waals surface area contributed by atoms with Gasteiger partial charge in [-0.3, -0.25) is 4.98 Å². The molecular weight excluding hydrogens is 247 g/mol. The first-order valence-electron chi connectivity index (χ1n) is 2.97. The highest BCUT2D eigenvalue weighted by Gasteiger charge is 2.21. The molecule has 12 heavy (non-hydrogen) atoms. The van der Waals surface area contributed by atoms with E-state index < -0.39 is 0 Å². The summed E-state index contributed by atoms with van der Waals surface area (Å²) in [5, 5.41) is 0.279. The summed E-state index contributed by atoms with van der Waals surface area (Å²) in [5.41, 5.74) is 0.175. The molecule has 0 saturated carbocycles. The van der Waals surface area contributed by atoms with Gasteiger partial charge in [-0.05, 0) is 15.9 Å². The van der Waals surface area contributed by atoms with Crippen molar-refractivity contribution in [1.29, 1.82) is 0 Å². The van der Waals surface area contributed by atoms with E-state index in [0.29, 0.717) is 9.40 Å². The van der Waals surface area contributed by atoms with Crippen molar-refractivity contribution in [2.75, 3.05) is 7.11 Å². The van der Waals surface area contributed by atoms with E-state index in [1.165, 1.54) is 19.5 Å². The van der Waals surface area contributed by atoms with Crippen LogP contribution in [0.4, 0.5) is 5.69 Å². The Morgan fingerprint density at radius 3 is 2.92 bits per heavy atom. The van der Waals surface area contributed by atoms with Gasteiger partial charge in [-0.2, -0.15) is 0 Å². The Labute approximate surface area is 82.2 Å². The van der Waals surface area contributed by atoms with Crippen LogP contribution in [0, 0.1) is 4.91 Å². The Kier molecular flexibility index (Phi) is 2.99. The number of rotatable bonds is 2. The van der Waals surface area contributed by atoms with Gasteiger partial charge >= 0.3 is 5.69 Å². The summed E-state index contributed by atoms with van der Waals surface area (Å²) in [6, 6.07) is 0. The zero-order valence-electron chi connectivity index (χ0n) is 6.12. The van der Waals surface area contributed by atoms with Gasteiger partial charge in [0, 0.05) is 6.20 Å². The van der Waals surface area contributed by atoms with E-state index in [2.05, 4.69) is 25.8 Å². The van der Waals surface area contributed by atoms with Gasteiger partial charge in [0.25, 0.3) is 4.92 Å². The second-order valence-electron chi connectivity index (χ2n) is 1.89. The number of nitrogens with zero attached hydrogens (tertiary/aromatic N) is 2. The van der Waals surface area contributed by atoms with Crippen molar-refractivity contribution in [1.82, 2.24) is 4.98 Å². The number of hydrogen-bond acceptors (Lipinski definition) is 3. The van der Waals surface area contributed by atoms with Crippen LogP contribution in [0.25, 0.3) is 0 Å². The van der Waals surface area contributed by atoms with Crippen LogP contribution in [0.3, 0.4) is 0 Å². The molecule has 0 aliphatic rings. The first-order valence-corrected chi connectivity index (χ1v) is 4.14. The van der Waals surface area contributed by atoms with Crippen molar-refractivity contribution in [3.63, 3.8) is 0 Å². The van der Waals surface area contributed by atoms with Gasteiger partial charge in [-0.25, -0.2) is 4.84 Å². The zero-order chi connectivity index (χ0) is 9.14. The molecule has 0 radical (unpaired) electrons. The van der Waals surface area contributed by atoms with Gasteiger partial charge in [0.1, 0.15) is 11.2 Å². The minimum Gasteiger partial charge on any atom is -0.256 e. The lowest BCUT2D eigenvalue weighted by Crippen LogP contribution is -1.99. The first-order chi connectivity index (χ1) is 5.66. The van der Waals surface area contributed by atoms with Gasteiger partial charge in [0.2, 0.25) is 0 Å². The van der Waals surface area contributed by atoms with Crippen LogP contribution in [0.1, 0.15) is 0 Å². The number of hydrogen-bond donors (Lipinski definition) is 0. The second-order valence-corrected chi connectivity index (χ2v) is 3.13. The van der Waals surface area contributed by atoms with Crippen molar-refractivity contribution in [2.24, 2.45) is 0 Å². The van der Waals surface area contributed by atoms with Crippen molar-refractivity contribution < 1.29 is 9.76 Å². The Bertz CT molecular complexity index is 318. The fourth-order valence-corrected chi connectivity index (χ4v) is 1.12. The fourth-order valence-electron chi connectivity index (χ4n) is 0.635. The summed E-state index contributed by atoms with van der Waals surface area (Å²) in [6.45, 7) is 0. The predicted octanol–water partition coefficient (Wildman–Crippen LogP) is 2.47. The van der Waals surface area contributed by atoms with E-state index >= 15 is 0 Å². The molecule has 1 aromatic rings. The molecule has 1 rings (SSSR count). The third-order valence-corrected chi connectivity index (χ3v) is 2.41. The minimum absolute atomic E-state index is 0.175. The molecule has 0 amide bonds. The van der Waals surface area contributed by atoms with Crippen LogP contribution in [-0.2, 0) is 4.84 Å². The maximum atomic E-state index is 10.9. The number of halogens is 2. The highest BCUT2D eigenvalue weighted by atomic mass is 79.9. The molecule has 0 aromatic carbocycles. The second kappa shape index (κ2) is 3.82. The smallest absolute Gasteiger partial charge is 0.256 e.